The van der Waals surface area contributed by atoms with Crippen LogP contribution in [0.1, 0.15) is 18.4 Å². The fraction of sp³-hybridized carbons (Fsp3) is 0.364. The summed E-state index contributed by atoms with van der Waals surface area (Å²) in [6, 6.07) is 4.13. The lowest BCUT2D eigenvalue weighted by Gasteiger charge is -2.18. The third-order valence-corrected chi connectivity index (χ3v) is 2.85. The van der Waals surface area contributed by atoms with Crippen LogP contribution < -0.4 is 4.90 Å². The number of nitro groups is 1. The SMILES string of the molecule is N#Cc1c([N+](=O)[O-])ccc(N2CCCC2)c1F. The van der Waals surface area contributed by atoms with Gasteiger partial charge in [-0.2, -0.15) is 5.26 Å². The Morgan fingerprint density at radius 3 is 2.59 bits per heavy atom. The molecule has 17 heavy (non-hydrogen) atoms. The van der Waals surface area contributed by atoms with Crippen LogP contribution in [-0.2, 0) is 0 Å². The molecule has 6 heteroatoms. The predicted molar refractivity (Wildman–Crippen MR) is 59.2 cm³/mol. The van der Waals surface area contributed by atoms with E-state index in [1.54, 1.807) is 11.0 Å². The molecule has 1 aromatic carbocycles. The topological polar surface area (TPSA) is 70.2 Å². The molecule has 0 aliphatic carbocycles. The summed E-state index contributed by atoms with van der Waals surface area (Å²) < 4.78 is 14.0. The highest BCUT2D eigenvalue weighted by Crippen LogP contribution is 2.30. The zero-order valence-electron chi connectivity index (χ0n) is 9.02. The van der Waals surface area contributed by atoms with E-state index in [0.717, 1.165) is 25.9 Å². The third-order valence-electron chi connectivity index (χ3n) is 2.85. The summed E-state index contributed by atoms with van der Waals surface area (Å²) in [7, 11) is 0. The molecule has 2 rings (SSSR count). The number of rotatable bonds is 2. The average Bonchev–Trinajstić information content (AvgIpc) is 2.81. The van der Waals surface area contributed by atoms with Crippen LogP contribution in [0.3, 0.4) is 0 Å². The molecule has 88 valence electrons. The van der Waals surface area contributed by atoms with Gasteiger partial charge in [0.2, 0.25) is 0 Å². The van der Waals surface area contributed by atoms with Crippen LogP contribution in [0.5, 0.6) is 0 Å². The molecule has 1 fully saturated rings. The molecule has 0 radical (unpaired) electrons. The zero-order valence-corrected chi connectivity index (χ0v) is 9.02. The van der Waals surface area contributed by atoms with Crippen molar-refractivity contribution in [1.29, 1.82) is 5.26 Å². The maximum absolute atomic E-state index is 14.0. The van der Waals surface area contributed by atoms with Gasteiger partial charge in [0.1, 0.15) is 6.07 Å². The van der Waals surface area contributed by atoms with Crippen LogP contribution >= 0.6 is 0 Å². The van der Waals surface area contributed by atoms with Crippen molar-refractivity contribution in [3.05, 3.63) is 33.6 Å². The molecule has 0 atom stereocenters. The fourth-order valence-electron chi connectivity index (χ4n) is 2.02. The van der Waals surface area contributed by atoms with Gasteiger partial charge in [0.05, 0.1) is 10.6 Å². The fourth-order valence-corrected chi connectivity index (χ4v) is 2.02. The molecule has 1 heterocycles. The first kappa shape index (κ1) is 11.3. The second-order valence-electron chi connectivity index (χ2n) is 3.86. The van der Waals surface area contributed by atoms with Gasteiger partial charge < -0.3 is 4.90 Å². The number of benzene rings is 1. The average molecular weight is 235 g/mol. The summed E-state index contributed by atoms with van der Waals surface area (Å²) in [5.74, 6) is -0.788. The van der Waals surface area contributed by atoms with E-state index in [0.29, 0.717) is 0 Å². The van der Waals surface area contributed by atoms with E-state index in [1.807, 2.05) is 0 Å². The van der Waals surface area contributed by atoms with Crippen LogP contribution in [0.15, 0.2) is 12.1 Å². The molecule has 0 saturated carbocycles. The Labute approximate surface area is 97.2 Å². The van der Waals surface area contributed by atoms with Gasteiger partial charge in [-0.3, -0.25) is 10.1 Å². The van der Waals surface area contributed by atoms with Crippen LogP contribution in [-0.4, -0.2) is 18.0 Å². The lowest BCUT2D eigenvalue weighted by Crippen LogP contribution is -2.19. The van der Waals surface area contributed by atoms with Crippen molar-refractivity contribution in [2.75, 3.05) is 18.0 Å². The number of hydrogen-bond donors (Lipinski definition) is 0. The van der Waals surface area contributed by atoms with E-state index in [9.17, 15) is 14.5 Å². The van der Waals surface area contributed by atoms with Gasteiger partial charge in [0.15, 0.2) is 11.4 Å². The van der Waals surface area contributed by atoms with Crippen molar-refractivity contribution in [3.8, 4) is 6.07 Å². The van der Waals surface area contributed by atoms with Gasteiger partial charge in [-0.05, 0) is 18.9 Å². The first-order valence-corrected chi connectivity index (χ1v) is 5.27. The molecule has 0 spiro atoms. The van der Waals surface area contributed by atoms with Crippen molar-refractivity contribution in [1.82, 2.24) is 0 Å². The highest BCUT2D eigenvalue weighted by atomic mass is 19.1. The first-order chi connectivity index (χ1) is 8.15. The van der Waals surface area contributed by atoms with Crippen molar-refractivity contribution in [2.24, 2.45) is 0 Å². The van der Waals surface area contributed by atoms with Crippen LogP contribution in [0.2, 0.25) is 0 Å². The summed E-state index contributed by atoms with van der Waals surface area (Å²) in [6.45, 7) is 1.44. The lowest BCUT2D eigenvalue weighted by atomic mass is 10.1. The van der Waals surface area contributed by atoms with Crippen LogP contribution in [0.4, 0.5) is 15.8 Å². The van der Waals surface area contributed by atoms with Gasteiger partial charge in [-0.1, -0.05) is 0 Å². The van der Waals surface area contributed by atoms with E-state index in [2.05, 4.69) is 0 Å². The van der Waals surface area contributed by atoms with Crippen molar-refractivity contribution < 1.29 is 9.31 Å². The summed E-state index contributed by atoms with van der Waals surface area (Å²) in [5.41, 5.74) is -0.683. The first-order valence-electron chi connectivity index (χ1n) is 5.27. The maximum atomic E-state index is 14.0. The molecule has 0 N–H and O–H groups in total. The molecule has 0 bridgehead atoms. The number of halogens is 1. The minimum atomic E-state index is -0.788. The van der Waals surface area contributed by atoms with Crippen LogP contribution in [0, 0.1) is 27.3 Å². The molecule has 0 aromatic heterocycles. The predicted octanol–water partition coefficient (Wildman–Crippen LogP) is 2.21. The number of hydrogen-bond acceptors (Lipinski definition) is 4. The van der Waals surface area contributed by atoms with E-state index >= 15 is 0 Å². The van der Waals surface area contributed by atoms with Gasteiger partial charge in [-0.15, -0.1) is 0 Å². The minimum absolute atomic E-state index is 0.282. The summed E-state index contributed by atoms with van der Waals surface area (Å²) >= 11 is 0. The Hall–Kier alpha value is -2.16. The van der Waals surface area contributed by atoms with E-state index in [1.165, 1.54) is 12.1 Å². The van der Waals surface area contributed by atoms with Crippen molar-refractivity contribution in [2.45, 2.75) is 12.8 Å². The third kappa shape index (κ3) is 1.91. The molecule has 0 amide bonds. The number of nitrogens with zero attached hydrogens (tertiary/aromatic N) is 3. The highest BCUT2D eigenvalue weighted by Gasteiger charge is 2.24. The zero-order chi connectivity index (χ0) is 12.4. The lowest BCUT2D eigenvalue weighted by molar-refractivity contribution is -0.385. The molecular formula is C11H10FN3O2. The summed E-state index contributed by atoms with van der Waals surface area (Å²) in [5, 5.41) is 19.4. The molecule has 1 aromatic rings. The molecule has 0 unspecified atom stereocenters. The quantitative estimate of drug-likeness (QED) is 0.582. The van der Waals surface area contributed by atoms with Gasteiger partial charge >= 0.3 is 0 Å². The Morgan fingerprint density at radius 1 is 1.41 bits per heavy atom. The smallest absolute Gasteiger partial charge is 0.290 e. The Morgan fingerprint density at radius 2 is 2.06 bits per heavy atom. The van der Waals surface area contributed by atoms with Crippen molar-refractivity contribution >= 4 is 11.4 Å². The van der Waals surface area contributed by atoms with Gasteiger partial charge in [-0.25, -0.2) is 4.39 Å². The second kappa shape index (κ2) is 4.37. The second-order valence-corrected chi connectivity index (χ2v) is 3.86. The molecule has 1 aliphatic heterocycles. The number of nitriles is 1. The van der Waals surface area contributed by atoms with Crippen molar-refractivity contribution in [3.63, 3.8) is 0 Å². The highest BCUT2D eigenvalue weighted by molar-refractivity contribution is 5.61. The standard InChI is InChI=1S/C11H10FN3O2/c12-11-8(7-13)9(15(16)17)3-4-10(11)14-5-1-2-6-14/h3-4H,1-2,5-6H2. The maximum Gasteiger partial charge on any atom is 0.290 e. The Kier molecular flexibility index (Phi) is 2.91. The number of anilines is 1. The van der Waals surface area contributed by atoms with Gasteiger partial charge in [0, 0.05) is 19.2 Å². The molecular weight excluding hydrogens is 225 g/mol. The summed E-state index contributed by atoms with van der Waals surface area (Å²) in [6.07, 6.45) is 1.94. The minimum Gasteiger partial charge on any atom is -0.369 e. The normalized spacial score (nSPS) is 14.7. The van der Waals surface area contributed by atoms with E-state index in [-0.39, 0.29) is 5.69 Å². The van der Waals surface area contributed by atoms with E-state index in [4.69, 9.17) is 5.26 Å². The van der Waals surface area contributed by atoms with Gasteiger partial charge in [0.25, 0.3) is 5.69 Å². The number of nitro benzene ring substituents is 1. The molecule has 1 saturated heterocycles. The van der Waals surface area contributed by atoms with E-state index < -0.39 is 22.0 Å². The Bertz CT molecular complexity index is 504. The summed E-state index contributed by atoms with van der Waals surface area (Å²) in [4.78, 5) is 11.7. The largest absolute Gasteiger partial charge is 0.369 e. The molecule has 5 nitrogen and oxygen atoms in total. The monoisotopic (exact) mass is 235 g/mol. The molecule has 1 aliphatic rings. The van der Waals surface area contributed by atoms with Crippen LogP contribution in [0.25, 0.3) is 0 Å². The Balaban J connectivity index is 2.50.